The third-order valence-corrected chi connectivity index (χ3v) is 4.36. The van der Waals surface area contributed by atoms with Gasteiger partial charge in [-0.3, -0.25) is 0 Å². The average molecular weight is 419 g/mol. The lowest BCUT2D eigenvalue weighted by atomic mass is 10.1. The van der Waals surface area contributed by atoms with Crippen LogP contribution < -0.4 is 5.32 Å². The maximum absolute atomic E-state index is 4.72. The molecule has 2 heterocycles. The number of aryl methyl sites for hydroxylation is 2. The Morgan fingerprint density at radius 3 is 2.26 bits per heavy atom. The molecule has 2 aromatic heterocycles. The summed E-state index contributed by atoms with van der Waals surface area (Å²) in [6.45, 7) is 17.2. The fraction of sp³-hybridized carbons (Fsp3) is 0.333. The monoisotopic (exact) mass is 418 g/mol. The maximum Gasteiger partial charge on any atom is 0.227 e. The van der Waals surface area contributed by atoms with Gasteiger partial charge in [0.15, 0.2) is 0 Å². The topological polar surface area (TPSA) is 42.7 Å². The highest BCUT2D eigenvalue weighted by Crippen LogP contribution is 2.29. The van der Waals surface area contributed by atoms with Crippen molar-refractivity contribution in [1.29, 1.82) is 0 Å². The van der Waals surface area contributed by atoms with Crippen molar-refractivity contribution in [3.05, 3.63) is 72.6 Å². The molecule has 0 saturated carbocycles. The molecule has 0 saturated heterocycles. The predicted octanol–water partition coefficient (Wildman–Crippen LogP) is 8.25. The zero-order valence-electron chi connectivity index (χ0n) is 20.4. The van der Waals surface area contributed by atoms with E-state index in [9.17, 15) is 0 Å². The lowest BCUT2D eigenvalue weighted by molar-refractivity contribution is 0.798. The predicted molar refractivity (Wildman–Crippen MR) is 137 cm³/mol. The van der Waals surface area contributed by atoms with Crippen LogP contribution in [0.3, 0.4) is 0 Å². The fourth-order valence-electron chi connectivity index (χ4n) is 3.14. The first-order chi connectivity index (χ1) is 15.2. The average Bonchev–Trinajstić information content (AvgIpc) is 3.27. The minimum absolute atomic E-state index is 0.607. The zero-order chi connectivity index (χ0) is 23.2. The van der Waals surface area contributed by atoms with Gasteiger partial charge >= 0.3 is 0 Å². The molecule has 4 heteroatoms. The Kier molecular flexibility index (Phi) is 11.7. The molecule has 2 aromatic carbocycles. The van der Waals surface area contributed by atoms with Crippen molar-refractivity contribution in [2.45, 2.75) is 61.9 Å². The Labute approximate surface area is 188 Å². The van der Waals surface area contributed by atoms with Crippen LogP contribution >= 0.6 is 0 Å². The summed E-state index contributed by atoms with van der Waals surface area (Å²) in [5.41, 5.74) is 5.47. The molecule has 0 aliphatic carbocycles. The molecule has 0 atom stereocenters. The number of nitrogens with one attached hydrogen (secondary N) is 1. The van der Waals surface area contributed by atoms with Gasteiger partial charge in [-0.15, -0.1) is 0 Å². The van der Waals surface area contributed by atoms with Gasteiger partial charge in [0.05, 0.1) is 5.69 Å². The Bertz CT molecular complexity index is 1030. The minimum Gasteiger partial charge on any atom is -0.348 e. The van der Waals surface area contributed by atoms with Gasteiger partial charge in [0, 0.05) is 41.1 Å². The van der Waals surface area contributed by atoms with Crippen molar-refractivity contribution < 1.29 is 0 Å². The van der Waals surface area contributed by atoms with E-state index in [-0.39, 0.29) is 0 Å². The van der Waals surface area contributed by atoms with Crippen molar-refractivity contribution in [2.24, 2.45) is 0 Å². The van der Waals surface area contributed by atoms with Crippen LogP contribution in [0.4, 0.5) is 11.6 Å². The highest BCUT2D eigenvalue weighted by molar-refractivity contribution is 5.94. The van der Waals surface area contributed by atoms with Crippen LogP contribution in [0.2, 0.25) is 0 Å². The lowest BCUT2D eigenvalue weighted by Gasteiger charge is -2.08. The third kappa shape index (κ3) is 6.68. The van der Waals surface area contributed by atoms with Crippen molar-refractivity contribution in [3.63, 3.8) is 0 Å². The van der Waals surface area contributed by atoms with Gasteiger partial charge in [-0.2, -0.15) is 0 Å². The normalized spacial score (nSPS) is 9.42. The van der Waals surface area contributed by atoms with Crippen molar-refractivity contribution >= 4 is 22.5 Å². The minimum atomic E-state index is 0.607. The van der Waals surface area contributed by atoms with Gasteiger partial charge in [0.1, 0.15) is 0 Å². The van der Waals surface area contributed by atoms with E-state index in [1.54, 1.807) is 6.20 Å². The largest absolute Gasteiger partial charge is 0.348 e. The van der Waals surface area contributed by atoms with Gasteiger partial charge < -0.3 is 9.88 Å². The first kappa shape index (κ1) is 25.9. The van der Waals surface area contributed by atoms with Gasteiger partial charge in [0.25, 0.3) is 0 Å². The molecule has 0 bridgehead atoms. The van der Waals surface area contributed by atoms with E-state index in [1.165, 1.54) is 16.5 Å². The van der Waals surface area contributed by atoms with Gasteiger partial charge in [-0.25, -0.2) is 9.97 Å². The highest BCUT2D eigenvalue weighted by Gasteiger charge is 2.09. The Morgan fingerprint density at radius 1 is 0.871 bits per heavy atom. The molecule has 166 valence electrons. The van der Waals surface area contributed by atoms with Crippen LogP contribution in [0.1, 0.15) is 54.0 Å². The summed E-state index contributed by atoms with van der Waals surface area (Å²) >= 11 is 0. The molecule has 0 radical (unpaired) electrons. The number of hydrogen-bond acceptors (Lipinski definition) is 3. The summed E-state index contributed by atoms with van der Waals surface area (Å²) in [6, 6.07) is 18.7. The molecule has 0 aliphatic rings. The van der Waals surface area contributed by atoms with E-state index < -0.39 is 0 Å². The Morgan fingerprint density at radius 2 is 1.58 bits per heavy atom. The van der Waals surface area contributed by atoms with Crippen LogP contribution in [0.15, 0.2) is 67.0 Å². The molecular weight excluding hydrogens is 380 g/mol. The van der Waals surface area contributed by atoms with E-state index in [2.05, 4.69) is 71.3 Å². The van der Waals surface area contributed by atoms with Gasteiger partial charge in [-0.1, -0.05) is 65.8 Å². The summed E-state index contributed by atoms with van der Waals surface area (Å²) in [7, 11) is 0. The molecular formula is C27H38N4. The van der Waals surface area contributed by atoms with E-state index in [4.69, 9.17) is 4.98 Å². The van der Waals surface area contributed by atoms with E-state index in [0.717, 1.165) is 23.5 Å². The van der Waals surface area contributed by atoms with Crippen LogP contribution in [-0.2, 0) is 6.54 Å². The molecule has 4 aromatic rings. The zero-order valence-corrected chi connectivity index (χ0v) is 20.4. The van der Waals surface area contributed by atoms with E-state index in [1.807, 2.05) is 59.7 Å². The highest BCUT2D eigenvalue weighted by atomic mass is 15.1. The van der Waals surface area contributed by atoms with Crippen molar-refractivity contribution in [3.8, 4) is 11.3 Å². The molecule has 31 heavy (non-hydrogen) atoms. The third-order valence-electron chi connectivity index (χ3n) is 4.36. The quantitative estimate of drug-likeness (QED) is 0.363. The van der Waals surface area contributed by atoms with Gasteiger partial charge in [0.2, 0.25) is 5.95 Å². The van der Waals surface area contributed by atoms with Crippen LogP contribution in [0.25, 0.3) is 22.2 Å². The number of anilines is 2. The fourth-order valence-corrected chi connectivity index (χ4v) is 3.14. The van der Waals surface area contributed by atoms with Crippen molar-refractivity contribution in [1.82, 2.24) is 14.5 Å². The molecule has 1 N–H and O–H groups in total. The smallest absolute Gasteiger partial charge is 0.227 e. The van der Waals surface area contributed by atoms with Gasteiger partial charge in [-0.05, 0) is 49.7 Å². The second-order valence-electron chi connectivity index (χ2n) is 6.10. The number of rotatable bonds is 4. The van der Waals surface area contributed by atoms with Crippen molar-refractivity contribution in [2.75, 3.05) is 5.32 Å². The molecule has 0 amide bonds. The summed E-state index contributed by atoms with van der Waals surface area (Å²) in [5, 5.41) is 4.50. The first-order valence-electron chi connectivity index (χ1n) is 11.5. The lowest BCUT2D eigenvalue weighted by Crippen LogP contribution is -1.98. The van der Waals surface area contributed by atoms with Crippen LogP contribution in [-0.4, -0.2) is 14.5 Å². The summed E-state index contributed by atoms with van der Waals surface area (Å²) in [4.78, 5) is 9.09. The molecule has 0 fully saturated rings. The van der Waals surface area contributed by atoms with E-state index in [0.29, 0.717) is 5.95 Å². The number of nitrogens with zero attached hydrogens (tertiary/aromatic N) is 3. The summed E-state index contributed by atoms with van der Waals surface area (Å²) < 4.78 is 2.24. The standard InChI is InChI=1S/C21H20N4.3C2H6/c1-3-25-13-11-18-17(8-5-9-20(18)25)19-10-12-22-21(24-19)23-16-7-4-6-15(2)14-16;3*1-2/h4-14H,3H2,1-2H3,(H,22,23,24);3*1-2H3. The molecule has 0 spiro atoms. The summed E-state index contributed by atoms with van der Waals surface area (Å²) in [5.74, 6) is 0.607. The molecule has 0 aliphatic heterocycles. The second-order valence-corrected chi connectivity index (χ2v) is 6.10. The van der Waals surface area contributed by atoms with Crippen LogP contribution in [0.5, 0.6) is 0 Å². The molecule has 4 nitrogen and oxygen atoms in total. The number of aromatic nitrogens is 3. The Balaban J connectivity index is 0.000000739. The van der Waals surface area contributed by atoms with E-state index >= 15 is 0 Å². The second kappa shape index (κ2) is 14.0. The summed E-state index contributed by atoms with van der Waals surface area (Å²) in [6.07, 6.45) is 3.93. The number of fused-ring (bicyclic) bond motifs is 1. The van der Waals surface area contributed by atoms with Crippen LogP contribution in [0, 0.1) is 6.92 Å². The number of hydrogen-bond donors (Lipinski definition) is 1. The molecule has 4 rings (SSSR count). The maximum atomic E-state index is 4.72. The number of benzene rings is 2. The molecule has 0 unspecified atom stereocenters. The Hall–Kier alpha value is -3.14. The first-order valence-corrected chi connectivity index (χ1v) is 11.5. The SMILES string of the molecule is CC.CC.CC.CCn1ccc2c(-c3ccnc(Nc4cccc(C)c4)n3)cccc21.